The van der Waals surface area contributed by atoms with Crippen LogP contribution in [-0.4, -0.2) is 26.4 Å². The molecule has 0 aliphatic carbocycles. The van der Waals surface area contributed by atoms with E-state index >= 15 is 0 Å². The van der Waals surface area contributed by atoms with Gasteiger partial charge in [0.1, 0.15) is 11.6 Å². The predicted octanol–water partition coefficient (Wildman–Crippen LogP) is 4.85. The monoisotopic (exact) mass is 410 g/mol. The lowest BCUT2D eigenvalue weighted by atomic mass is 10.1. The maximum absolute atomic E-state index is 14.6. The van der Waals surface area contributed by atoms with Gasteiger partial charge in [-0.2, -0.15) is 0 Å². The number of carbonyl (C=O) groups excluding carboxylic acids is 1. The molecule has 2 aromatic carbocycles. The van der Waals surface area contributed by atoms with E-state index in [0.29, 0.717) is 17.1 Å². The number of aromatic nitrogens is 3. The van der Waals surface area contributed by atoms with Gasteiger partial charge in [0.25, 0.3) is 0 Å². The molecule has 1 aliphatic rings. The normalized spacial score (nSPS) is 13.6. The molecule has 1 aliphatic heterocycles. The van der Waals surface area contributed by atoms with Gasteiger partial charge >= 0.3 is 0 Å². The number of thioether (sulfide) groups is 1. The maximum atomic E-state index is 14.6. The van der Waals surface area contributed by atoms with Crippen molar-refractivity contribution in [2.75, 3.05) is 11.1 Å². The van der Waals surface area contributed by atoms with Gasteiger partial charge in [-0.1, -0.05) is 24.6 Å². The number of carbonyl (C=O) groups is 1. The summed E-state index contributed by atoms with van der Waals surface area (Å²) >= 11 is 1.49. The van der Waals surface area contributed by atoms with Crippen LogP contribution in [0.15, 0.2) is 47.4 Å². The Balaban J connectivity index is 1.49. The molecule has 29 heavy (non-hydrogen) atoms. The van der Waals surface area contributed by atoms with E-state index in [9.17, 15) is 9.18 Å². The average Bonchev–Trinajstić information content (AvgIpc) is 2.96. The zero-order valence-electron chi connectivity index (χ0n) is 16.3. The van der Waals surface area contributed by atoms with Crippen LogP contribution in [0, 0.1) is 12.7 Å². The maximum Gasteiger partial charge on any atom is 0.234 e. The largest absolute Gasteiger partial charge is 0.325 e. The average molecular weight is 411 g/mol. The molecule has 7 heteroatoms. The lowest BCUT2D eigenvalue weighted by molar-refractivity contribution is -0.113. The highest BCUT2D eigenvalue weighted by atomic mass is 32.2. The van der Waals surface area contributed by atoms with Crippen molar-refractivity contribution < 1.29 is 9.18 Å². The van der Waals surface area contributed by atoms with Crippen LogP contribution < -0.4 is 5.32 Å². The zero-order chi connectivity index (χ0) is 20.2. The Kier molecular flexibility index (Phi) is 5.94. The second-order valence-corrected chi connectivity index (χ2v) is 8.22. The first-order valence-corrected chi connectivity index (χ1v) is 10.8. The Morgan fingerprint density at radius 1 is 1.17 bits per heavy atom. The molecule has 5 nitrogen and oxygen atoms in total. The minimum absolute atomic E-state index is 0.129. The number of benzene rings is 2. The summed E-state index contributed by atoms with van der Waals surface area (Å²) in [6.07, 6.45) is 4.11. The molecule has 4 rings (SSSR count). The third-order valence-electron chi connectivity index (χ3n) is 5.05. The third kappa shape index (κ3) is 4.50. The van der Waals surface area contributed by atoms with Crippen molar-refractivity contribution in [3.8, 4) is 11.4 Å². The number of halogens is 1. The predicted molar refractivity (Wildman–Crippen MR) is 114 cm³/mol. The highest BCUT2D eigenvalue weighted by molar-refractivity contribution is 8.00. The van der Waals surface area contributed by atoms with Gasteiger partial charge in [-0.15, -0.1) is 22.0 Å². The summed E-state index contributed by atoms with van der Waals surface area (Å²) in [7, 11) is 0. The number of hydrogen-bond donors (Lipinski definition) is 1. The fraction of sp³-hybridized carbons (Fsp3) is 0.318. The van der Waals surface area contributed by atoms with Crippen molar-refractivity contribution in [2.45, 2.75) is 44.0 Å². The van der Waals surface area contributed by atoms with Crippen molar-refractivity contribution in [3.63, 3.8) is 0 Å². The minimum Gasteiger partial charge on any atom is -0.325 e. The summed E-state index contributed by atoms with van der Waals surface area (Å²) in [5.74, 6) is 1.23. The molecule has 0 fully saturated rings. The first-order valence-electron chi connectivity index (χ1n) is 9.82. The summed E-state index contributed by atoms with van der Waals surface area (Å²) in [5.41, 5.74) is 2.07. The molecule has 0 saturated carbocycles. The van der Waals surface area contributed by atoms with Gasteiger partial charge in [0.15, 0.2) is 5.82 Å². The molecule has 0 spiro atoms. The Labute approximate surface area is 173 Å². The standard InChI is InChI=1S/C22H23FN4OS/c1-15-7-4-5-8-19(15)29-14-21(28)24-16-10-11-18(23)17(13-16)22-26-25-20-9-3-2-6-12-27(20)22/h4-5,7-8,10-11,13H,2-3,6,9,12,14H2,1H3,(H,24,28). The van der Waals surface area contributed by atoms with E-state index in [1.807, 2.05) is 35.8 Å². The van der Waals surface area contributed by atoms with E-state index in [-0.39, 0.29) is 17.5 Å². The van der Waals surface area contributed by atoms with E-state index in [1.165, 1.54) is 17.8 Å². The summed E-state index contributed by atoms with van der Waals surface area (Å²) in [4.78, 5) is 13.5. The van der Waals surface area contributed by atoms with Crippen LogP contribution in [0.4, 0.5) is 10.1 Å². The Hall–Kier alpha value is -2.67. The second-order valence-electron chi connectivity index (χ2n) is 7.20. The van der Waals surface area contributed by atoms with Gasteiger partial charge < -0.3 is 9.88 Å². The fourth-order valence-electron chi connectivity index (χ4n) is 3.52. The van der Waals surface area contributed by atoms with Crippen molar-refractivity contribution >= 4 is 23.4 Å². The van der Waals surface area contributed by atoms with Crippen LogP contribution >= 0.6 is 11.8 Å². The summed E-state index contributed by atoms with van der Waals surface area (Å²) in [5, 5.41) is 11.4. The molecule has 2 heterocycles. The van der Waals surface area contributed by atoms with Gasteiger partial charge in [0, 0.05) is 23.5 Å². The van der Waals surface area contributed by atoms with Gasteiger partial charge in [-0.25, -0.2) is 4.39 Å². The lowest BCUT2D eigenvalue weighted by Gasteiger charge is -2.11. The number of hydrogen-bond acceptors (Lipinski definition) is 4. The number of nitrogens with zero attached hydrogens (tertiary/aromatic N) is 3. The molecule has 0 saturated heterocycles. The molecule has 1 N–H and O–H groups in total. The molecule has 0 atom stereocenters. The van der Waals surface area contributed by atoms with Gasteiger partial charge in [-0.05, 0) is 49.6 Å². The zero-order valence-corrected chi connectivity index (χ0v) is 17.1. The number of amides is 1. The highest BCUT2D eigenvalue weighted by Crippen LogP contribution is 2.28. The number of aryl methyl sites for hydroxylation is 2. The SMILES string of the molecule is Cc1ccccc1SCC(=O)Nc1ccc(F)c(-c2nnc3n2CCCCC3)c1. The number of rotatable bonds is 5. The Morgan fingerprint density at radius 2 is 2.03 bits per heavy atom. The quantitative estimate of drug-likeness (QED) is 0.611. The first kappa shape index (κ1) is 19.6. The lowest BCUT2D eigenvalue weighted by Crippen LogP contribution is -2.14. The van der Waals surface area contributed by atoms with Crippen molar-refractivity contribution in [1.29, 1.82) is 0 Å². The topological polar surface area (TPSA) is 59.8 Å². The van der Waals surface area contributed by atoms with Crippen LogP contribution in [0.3, 0.4) is 0 Å². The van der Waals surface area contributed by atoms with Crippen molar-refractivity contribution in [1.82, 2.24) is 14.8 Å². The van der Waals surface area contributed by atoms with Crippen LogP contribution in [0.5, 0.6) is 0 Å². The fourth-order valence-corrected chi connectivity index (χ4v) is 4.35. The molecular formula is C22H23FN4OS. The first-order chi connectivity index (χ1) is 14.1. The molecule has 0 unspecified atom stereocenters. The molecule has 3 aromatic rings. The Morgan fingerprint density at radius 3 is 2.90 bits per heavy atom. The summed E-state index contributed by atoms with van der Waals surface area (Å²) < 4.78 is 16.6. The Bertz CT molecular complexity index is 1030. The van der Waals surface area contributed by atoms with E-state index in [2.05, 4.69) is 15.5 Å². The molecule has 150 valence electrons. The van der Waals surface area contributed by atoms with E-state index in [4.69, 9.17) is 0 Å². The molecule has 1 aromatic heterocycles. The van der Waals surface area contributed by atoms with Crippen molar-refractivity contribution in [3.05, 3.63) is 59.7 Å². The minimum atomic E-state index is -0.364. The second kappa shape index (κ2) is 8.78. The number of fused-ring (bicyclic) bond motifs is 1. The summed E-state index contributed by atoms with van der Waals surface area (Å²) in [6.45, 7) is 2.81. The smallest absolute Gasteiger partial charge is 0.234 e. The van der Waals surface area contributed by atoms with Gasteiger partial charge in [0.2, 0.25) is 5.91 Å². The van der Waals surface area contributed by atoms with Crippen LogP contribution in [0.1, 0.15) is 30.7 Å². The number of nitrogens with one attached hydrogen (secondary N) is 1. The molecule has 1 amide bonds. The van der Waals surface area contributed by atoms with Gasteiger partial charge in [0.05, 0.1) is 11.3 Å². The third-order valence-corrected chi connectivity index (χ3v) is 6.23. The highest BCUT2D eigenvalue weighted by Gasteiger charge is 2.19. The van der Waals surface area contributed by atoms with E-state index in [0.717, 1.165) is 48.5 Å². The van der Waals surface area contributed by atoms with Crippen LogP contribution in [0.2, 0.25) is 0 Å². The van der Waals surface area contributed by atoms with E-state index < -0.39 is 0 Å². The molecule has 0 bridgehead atoms. The van der Waals surface area contributed by atoms with Crippen LogP contribution in [-0.2, 0) is 17.8 Å². The van der Waals surface area contributed by atoms with Gasteiger partial charge in [-0.3, -0.25) is 4.79 Å². The summed E-state index contributed by atoms with van der Waals surface area (Å²) in [6, 6.07) is 12.6. The number of anilines is 1. The molecular weight excluding hydrogens is 387 g/mol. The molecule has 0 radical (unpaired) electrons. The van der Waals surface area contributed by atoms with E-state index in [1.54, 1.807) is 12.1 Å². The van der Waals surface area contributed by atoms with Crippen LogP contribution in [0.25, 0.3) is 11.4 Å². The van der Waals surface area contributed by atoms with Crippen molar-refractivity contribution in [2.24, 2.45) is 0 Å².